The Morgan fingerprint density at radius 1 is 1.32 bits per heavy atom. The molecule has 0 amide bonds. The van der Waals surface area contributed by atoms with Gasteiger partial charge in [0.1, 0.15) is 11.6 Å². The van der Waals surface area contributed by atoms with E-state index in [0.717, 1.165) is 28.5 Å². The first-order valence-corrected chi connectivity index (χ1v) is 6.06. The summed E-state index contributed by atoms with van der Waals surface area (Å²) in [6.07, 6.45) is 1.75. The summed E-state index contributed by atoms with van der Waals surface area (Å²) in [7, 11) is 1.65. The first-order chi connectivity index (χ1) is 9.10. The SMILES string of the molecule is COc1ccc(N)cc1CNc1nc(C)cnc1C. The van der Waals surface area contributed by atoms with E-state index < -0.39 is 0 Å². The van der Waals surface area contributed by atoms with E-state index in [1.807, 2.05) is 32.0 Å². The highest BCUT2D eigenvalue weighted by Crippen LogP contribution is 2.22. The average Bonchev–Trinajstić information content (AvgIpc) is 2.40. The summed E-state index contributed by atoms with van der Waals surface area (Å²) < 4.78 is 5.31. The third-order valence-corrected chi connectivity index (χ3v) is 2.83. The van der Waals surface area contributed by atoms with E-state index in [1.54, 1.807) is 13.3 Å². The molecule has 0 fully saturated rings. The number of aromatic nitrogens is 2. The van der Waals surface area contributed by atoms with Gasteiger partial charge in [0.25, 0.3) is 0 Å². The van der Waals surface area contributed by atoms with Crippen molar-refractivity contribution in [1.29, 1.82) is 0 Å². The minimum atomic E-state index is 0.590. The molecular formula is C14H18N4O. The standard InChI is InChI=1S/C14H18N4O/c1-9-7-16-10(2)14(18-9)17-8-11-6-12(15)4-5-13(11)19-3/h4-7H,8,15H2,1-3H3,(H,17,18). The number of hydrogen-bond donors (Lipinski definition) is 2. The molecule has 0 aliphatic heterocycles. The average molecular weight is 258 g/mol. The van der Waals surface area contributed by atoms with E-state index in [2.05, 4.69) is 15.3 Å². The summed E-state index contributed by atoms with van der Waals surface area (Å²) in [6, 6.07) is 5.57. The quantitative estimate of drug-likeness (QED) is 0.823. The molecule has 100 valence electrons. The number of nitrogens with two attached hydrogens (primary N) is 1. The van der Waals surface area contributed by atoms with Crippen LogP contribution < -0.4 is 15.8 Å². The van der Waals surface area contributed by atoms with E-state index in [0.29, 0.717) is 12.2 Å². The molecule has 0 saturated carbocycles. The monoisotopic (exact) mass is 258 g/mol. The van der Waals surface area contributed by atoms with E-state index in [-0.39, 0.29) is 0 Å². The zero-order valence-corrected chi connectivity index (χ0v) is 11.4. The highest BCUT2D eigenvalue weighted by atomic mass is 16.5. The van der Waals surface area contributed by atoms with Crippen molar-refractivity contribution in [3.05, 3.63) is 41.3 Å². The molecular weight excluding hydrogens is 240 g/mol. The number of nitrogen functional groups attached to an aromatic ring is 1. The molecule has 0 saturated heterocycles. The lowest BCUT2D eigenvalue weighted by Crippen LogP contribution is -2.07. The van der Waals surface area contributed by atoms with Crippen molar-refractivity contribution in [1.82, 2.24) is 9.97 Å². The largest absolute Gasteiger partial charge is 0.496 e. The lowest BCUT2D eigenvalue weighted by molar-refractivity contribution is 0.410. The number of nitrogens with zero attached hydrogens (tertiary/aromatic N) is 2. The van der Waals surface area contributed by atoms with Crippen molar-refractivity contribution >= 4 is 11.5 Å². The minimum absolute atomic E-state index is 0.590. The molecule has 3 N–H and O–H groups in total. The Morgan fingerprint density at radius 3 is 2.84 bits per heavy atom. The first-order valence-electron chi connectivity index (χ1n) is 6.06. The summed E-state index contributed by atoms with van der Waals surface area (Å²) in [5.74, 6) is 1.59. The lowest BCUT2D eigenvalue weighted by atomic mass is 10.1. The van der Waals surface area contributed by atoms with Gasteiger partial charge in [-0.1, -0.05) is 0 Å². The number of aryl methyl sites for hydroxylation is 2. The number of rotatable bonds is 4. The third-order valence-electron chi connectivity index (χ3n) is 2.83. The van der Waals surface area contributed by atoms with E-state index in [1.165, 1.54) is 0 Å². The predicted molar refractivity (Wildman–Crippen MR) is 76.2 cm³/mol. The first kappa shape index (κ1) is 13.1. The molecule has 5 nitrogen and oxygen atoms in total. The predicted octanol–water partition coefficient (Wildman–Crippen LogP) is 2.30. The Bertz CT molecular complexity index is 584. The summed E-state index contributed by atoms with van der Waals surface area (Å²) in [5.41, 5.74) is 9.25. The topological polar surface area (TPSA) is 73.1 Å². The van der Waals surface area contributed by atoms with Crippen LogP contribution in [-0.2, 0) is 6.54 Å². The molecule has 5 heteroatoms. The van der Waals surface area contributed by atoms with Crippen LogP contribution in [0, 0.1) is 13.8 Å². The molecule has 0 radical (unpaired) electrons. The van der Waals surface area contributed by atoms with E-state index in [9.17, 15) is 0 Å². The molecule has 0 aliphatic carbocycles. The van der Waals surface area contributed by atoms with Gasteiger partial charge in [-0.15, -0.1) is 0 Å². The van der Waals surface area contributed by atoms with Crippen LogP contribution in [0.4, 0.5) is 11.5 Å². The fraction of sp³-hybridized carbons (Fsp3) is 0.286. The van der Waals surface area contributed by atoms with E-state index in [4.69, 9.17) is 10.5 Å². The van der Waals surface area contributed by atoms with Crippen molar-refractivity contribution in [2.75, 3.05) is 18.2 Å². The number of methoxy groups -OCH3 is 1. The second kappa shape index (κ2) is 5.56. The molecule has 0 bridgehead atoms. The molecule has 1 heterocycles. The van der Waals surface area contributed by atoms with Gasteiger partial charge in [-0.2, -0.15) is 0 Å². The number of hydrogen-bond acceptors (Lipinski definition) is 5. The van der Waals surface area contributed by atoms with Crippen molar-refractivity contribution in [2.24, 2.45) is 0 Å². The lowest BCUT2D eigenvalue weighted by Gasteiger charge is -2.12. The molecule has 0 aliphatic rings. The van der Waals surface area contributed by atoms with Crippen molar-refractivity contribution in [2.45, 2.75) is 20.4 Å². The Morgan fingerprint density at radius 2 is 2.11 bits per heavy atom. The van der Waals surface area contributed by atoms with Gasteiger partial charge in [-0.3, -0.25) is 4.98 Å². The van der Waals surface area contributed by atoms with Crippen molar-refractivity contribution < 1.29 is 4.74 Å². The second-order valence-electron chi connectivity index (χ2n) is 4.37. The van der Waals surface area contributed by atoms with Gasteiger partial charge in [0.05, 0.1) is 18.5 Å². The number of benzene rings is 1. The Balaban J connectivity index is 2.18. The highest BCUT2D eigenvalue weighted by molar-refractivity contribution is 5.50. The van der Waals surface area contributed by atoms with Crippen LogP contribution in [0.1, 0.15) is 17.0 Å². The maximum atomic E-state index is 5.79. The van der Waals surface area contributed by atoms with Gasteiger partial charge in [0.15, 0.2) is 0 Å². The number of nitrogens with one attached hydrogen (secondary N) is 1. The van der Waals surface area contributed by atoms with E-state index >= 15 is 0 Å². The van der Waals surface area contributed by atoms with Crippen LogP contribution in [0.5, 0.6) is 5.75 Å². The van der Waals surface area contributed by atoms with Gasteiger partial charge in [0.2, 0.25) is 0 Å². The fourth-order valence-electron chi connectivity index (χ4n) is 1.82. The summed E-state index contributed by atoms with van der Waals surface area (Å²) in [5, 5.41) is 3.26. The highest BCUT2D eigenvalue weighted by Gasteiger charge is 2.06. The molecule has 0 spiro atoms. The van der Waals surface area contributed by atoms with Gasteiger partial charge < -0.3 is 15.8 Å². The zero-order chi connectivity index (χ0) is 13.8. The normalized spacial score (nSPS) is 10.3. The summed E-state index contributed by atoms with van der Waals surface area (Å²) in [6.45, 7) is 4.43. The van der Waals surface area contributed by atoms with Gasteiger partial charge >= 0.3 is 0 Å². The van der Waals surface area contributed by atoms with Gasteiger partial charge in [0, 0.05) is 24.0 Å². The molecule has 1 aromatic heterocycles. The Kier molecular flexibility index (Phi) is 3.85. The molecule has 1 aromatic carbocycles. The number of anilines is 2. The van der Waals surface area contributed by atoms with Crippen LogP contribution in [-0.4, -0.2) is 17.1 Å². The van der Waals surface area contributed by atoms with Crippen LogP contribution >= 0.6 is 0 Å². The molecule has 0 unspecified atom stereocenters. The van der Waals surface area contributed by atoms with Gasteiger partial charge in [-0.25, -0.2) is 4.98 Å². The number of ether oxygens (including phenoxy) is 1. The molecule has 0 atom stereocenters. The van der Waals surface area contributed by atoms with Crippen LogP contribution in [0.25, 0.3) is 0 Å². The molecule has 19 heavy (non-hydrogen) atoms. The molecule has 2 aromatic rings. The Labute approximate surface area is 112 Å². The minimum Gasteiger partial charge on any atom is -0.496 e. The van der Waals surface area contributed by atoms with Crippen molar-refractivity contribution in [3.63, 3.8) is 0 Å². The van der Waals surface area contributed by atoms with Crippen LogP contribution in [0.15, 0.2) is 24.4 Å². The Hall–Kier alpha value is -2.30. The summed E-state index contributed by atoms with van der Waals surface area (Å²) in [4.78, 5) is 8.69. The third kappa shape index (κ3) is 3.13. The van der Waals surface area contributed by atoms with Gasteiger partial charge in [-0.05, 0) is 32.0 Å². The maximum Gasteiger partial charge on any atom is 0.148 e. The van der Waals surface area contributed by atoms with Crippen LogP contribution in [0.3, 0.4) is 0 Å². The molecule has 2 rings (SSSR count). The zero-order valence-electron chi connectivity index (χ0n) is 11.4. The fourth-order valence-corrected chi connectivity index (χ4v) is 1.82. The summed E-state index contributed by atoms with van der Waals surface area (Å²) >= 11 is 0. The van der Waals surface area contributed by atoms with Crippen molar-refractivity contribution in [3.8, 4) is 5.75 Å². The maximum absolute atomic E-state index is 5.79. The van der Waals surface area contributed by atoms with Crippen LogP contribution in [0.2, 0.25) is 0 Å². The smallest absolute Gasteiger partial charge is 0.148 e. The second-order valence-corrected chi connectivity index (χ2v) is 4.37.